The molecule has 0 aliphatic rings. The van der Waals surface area contributed by atoms with Gasteiger partial charge in [0.2, 0.25) is 0 Å². The third kappa shape index (κ3) is 2.71. The Kier molecular flexibility index (Phi) is 3.55. The molecule has 0 atom stereocenters. The number of fused-ring (bicyclic) bond motifs is 1. The number of pyridine rings is 2. The molecule has 0 fully saturated rings. The van der Waals surface area contributed by atoms with E-state index in [0.29, 0.717) is 16.7 Å². The highest BCUT2D eigenvalue weighted by molar-refractivity contribution is 9.10. The highest BCUT2D eigenvalue weighted by Gasteiger charge is 2.10. The third-order valence-corrected chi connectivity index (χ3v) is 3.50. The highest BCUT2D eigenvalue weighted by Crippen LogP contribution is 2.27. The van der Waals surface area contributed by atoms with Crippen LogP contribution in [0, 0.1) is 18.6 Å². The van der Waals surface area contributed by atoms with Crippen molar-refractivity contribution in [2.75, 3.05) is 5.32 Å². The second-order valence-electron chi connectivity index (χ2n) is 4.59. The normalized spacial score (nSPS) is 10.9. The van der Waals surface area contributed by atoms with Crippen LogP contribution < -0.4 is 5.32 Å². The van der Waals surface area contributed by atoms with Gasteiger partial charge in [-0.25, -0.2) is 8.78 Å². The summed E-state index contributed by atoms with van der Waals surface area (Å²) in [6, 6.07) is 5.76. The maximum atomic E-state index is 13.9. The molecule has 0 bridgehead atoms. The first-order valence-corrected chi connectivity index (χ1v) is 6.97. The molecule has 3 rings (SSSR count). The van der Waals surface area contributed by atoms with Gasteiger partial charge in [0.15, 0.2) is 0 Å². The Morgan fingerprint density at radius 3 is 2.67 bits per heavy atom. The summed E-state index contributed by atoms with van der Waals surface area (Å²) >= 11 is 3.32. The molecule has 3 nitrogen and oxygen atoms in total. The summed E-state index contributed by atoms with van der Waals surface area (Å²) in [6.45, 7) is 1.52. The Labute approximate surface area is 128 Å². The fourth-order valence-electron chi connectivity index (χ4n) is 1.99. The number of nitrogens with one attached hydrogen (secondary N) is 1. The van der Waals surface area contributed by atoms with Crippen molar-refractivity contribution in [2.45, 2.75) is 6.92 Å². The van der Waals surface area contributed by atoms with Crippen LogP contribution in [-0.2, 0) is 0 Å². The minimum absolute atomic E-state index is 0.0651. The Morgan fingerprint density at radius 2 is 1.86 bits per heavy atom. The lowest BCUT2D eigenvalue weighted by Gasteiger charge is -2.10. The fourth-order valence-corrected chi connectivity index (χ4v) is 2.31. The highest BCUT2D eigenvalue weighted by atomic mass is 79.9. The van der Waals surface area contributed by atoms with Gasteiger partial charge in [-0.1, -0.05) is 0 Å². The second-order valence-corrected chi connectivity index (χ2v) is 5.50. The molecule has 1 N–H and O–H groups in total. The molecule has 0 saturated carbocycles. The van der Waals surface area contributed by atoms with Crippen LogP contribution >= 0.6 is 15.9 Å². The van der Waals surface area contributed by atoms with Gasteiger partial charge in [0.05, 0.1) is 16.9 Å². The standard InChI is InChI=1S/C15H10BrF2N3/c1-8-4-11(18)13(6-10(8)17)21-12-2-3-19-14-5-9(16)7-20-15(12)14/h2-7H,1H3,(H,19,21). The van der Waals surface area contributed by atoms with E-state index in [9.17, 15) is 8.78 Å². The van der Waals surface area contributed by atoms with E-state index in [1.165, 1.54) is 6.92 Å². The van der Waals surface area contributed by atoms with Crippen LogP contribution in [0.4, 0.5) is 20.2 Å². The Balaban J connectivity index is 2.08. The summed E-state index contributed by atoms with van der Waals surface area (Å²) in [7, 11) is 0. The zero-order valence-electron chi connectivity index (χ0n) is 11.0. The summed E-state index contributed by atoms with van der Waals surface area (Å²) in [4.78, 5) is 8.46. The van der Waals surface area contributed by atoms with Crippen LogP contribution in [0.2, 0.25) is 0 Å². The zero-order valence-corrected chi connectivity index (χ0v) is 12.6. The van der Waals surface area contributed by atoms with Gasteiger partial charge in [0.25, 0.3) is 0 Å². The molecular weight excluding hydrogens is 340 g/mol. The molecule has 6 heteroatoms. The molecule has 106 valence electrons. The molecule has 1 aromatic carbocycles. The maximum absolute atomic E-state index is 13.9. The van der Waals surface area contributed by atoms with Crippen LogP contribution in [-0.4, -0.2) is 9.97 Å². The van der Waals surface area contributed by atoms with Gasteiger partial charge in [-0.3, -0.25) is 9.97 Å². The summed E-state index contributed by atoms with van der Waals surface area (Å²) in [6.07, 6.45) is 3.21. The van der Waals surface area contributed by atoms with Crippen molar-refractivity contribution in [1.29, 1.82) is 0 Å². The number of aryl methyl sites for hydroxylation is 1. The number of hydrogen-bond acceptors (Lipinski definition) is 3. The monoisotopic (exact) mass is 349 g/mol. The van der Waals surface area contributed by atoms with Crippen molar-refractivity contribution in [1.82, 2.24) is 9.97 Å². The number of hydrogen-bond donors (Lipinski definition) is 1. The number of aromatic nitrogens is 2. The molecule has 0 amide bonds. The van der Waals surface area contributed by atoms with E-state index in [4.69, 9.17) is 0 Å². The molecule has 2 heterocycles. The molecule has 0 saturated heterocycles. The summed E-state index contributed by atoms with van der Waals surface area (Å²) in [5.41, 5.74) is 2.13. The first kappa shape index (κ1) is 13.9. The topological polar surface area (TPSA) is 37.8 Å². The Hall–Kier alpha value is -2.08. The largest absolute Gasteiger partial charge is 0.351 e. The van der Waals surface area contributed by atoms with E-state index in [-0.39, 0.29) is 11.3 Å². The average molecular weight is 350 g/mol. The molecule has 0 spiro atoms. The number of benzene rings is 1. The van der Waals surface area contributed by atoms with Gasteiger partial charge in [0.1, 0.15) is 17.2 Å². The summed E-state index contributed by atoms with van der Waals surface area (Å²) in [5, 5.41) is 2.87. The van der Waals surface area contributed by atoms with E-state index in [0.717, 1.165) is 16.6 Å². The molecule has 0 aliphatic carbocycles. The molecule has 21 heavy (non-hydrogen) atoms. The van der Waals surface area contributed by atoms with Crippen LogP contribution in [0.3, 0.4) is 0 Å². The lowest BCUT2D eigenvalue weighted by Crippen LogP contribution is -1.98. The van der Waals surface area contributed by atoms with E-state index < -0.39 is 11.6 Å². The van der Waals surface area contributed by atoms with Crippen molar-refractivity contribution in [2.24, 2.45) is 0 Å². The molecule has 0 radical (unpaired) electrons. The number of nitrogens with zero attached hydrogens (tertiary/aromatic N) is 2. The lowest BCUT2D eigenvalue weighted by atomic mass is 10.2. The van der Waals surface area contributed by atoms with E-state index >= 15 is 0 Å². The van der Waals surface area contributed by atoms with Crippen molar-refractivity contribution in [3.05, 3.63) is 58.3 Å². The van der Waals surface area contributed by atoms with Crippen molar-refractivity contribution < 1.29 is 8.78 Å². The maximum Gasteiger partial charge on any atom is 0.147 e. The Bertz CT molecular complexity index is 837. The number of anilines is 2. The predicted octanol–water partition coefficient (Wildman–Crippen LogP) is 4.72. The summed E-state index contributed by atoms with van der Waals surface area (Å²) in [5.74, 6) is -0.982. The first-order valence-electron chi connectivity index (χ1n) is 6.17. The molecule has 2 aromatic heterocycles. The van der Waals surface area contributed by atoms with Gasteiger partial charge < -0.3 is 5.32 Å². The van der Waals surface area contributed by atoms with Gasteiger partial charge in [-0.2, -0.15) is 0 Å². The van der Waals surface area contributed by atoms with Gasteiger partial charge >= 0.3 is 0 Å². The molecular formula is C15H10BrF2N3. The van der Waals surface area contributed by atoms with Crippen LogP contribution in [0.25, 0.3) is 11.0 Å². The number of halogens is 3. The SMILES string of the molecule is Cc1cc(F)c(Nc2ccnc3cc(Br)cnc23)cc1F. The van der Waals surface area contributed by atoms with E-state index in [1.807, 2.05) is 0 Å². The molecule has 0 unspecified atom stereocenters. The Morgan fingerprint density at radius 1 is 1.05 bits per heavy atom. The van der Waals surface area contributed by atoms with Crippen LogP contribution in [0.5, 0.6) is 0 Å². The lowest BCUT2D eigenvalue weighted by molar-refractivity contribution is 0.595. The van der Waals surface area contributed by atoms with Crippen molar-refractivity contribution >= 4 is 38.3 Å². The van der Waals surface area contributed by atoms with Crippen molar-refractivity contribution in [3.63, 3.8) is 0 Å². The molecule has 3 aromatic rings. The van der Waals surface area contributed by atoms with Crippen LogP contribution in [0.15, 0.2) is 41.1 Å². The van der Waals surface area contributed by atoms with E-state index in [1.54, 1.807) is 24.5 Å². The fraction of sp³-hybridized carbons (Fsp3) is 0.0667. The zero-order chi connectivity index (χ0) is 15.0. The predicted molar refractivity (Wildman–Crippen MR) is 81.6 cm³/mol. The average Bonchev–Trinajstić information content (AvgIpc) is 2.44. The van der Waals surface area contributed by atoms with E-state index in [2.05, 4.69) is 31.2 Å². The van der Waals surface area contributed by atoms with Gasteiger partial charge in [0, 0.05) is 22.9 Å². The van der Waals surface area contributed by atoms with Gasteiger partial charge in [-0.15, -0.1) is 0 Å². The smallest absolute Gasteiger partial charge is 0.147 e. The third-order valence-electron chi connectivity index (χ3n) is 3.06. The van der Waals surface area contributed by atoms with Crippen LogP contribution in [0.1, 0.15) is 5.56 Å². The molecule has 0 aliphatic heterocycles. The first-order chi connectivity index (χ1) is 10.0. The second kappa shape index (κ2) is 5.37. The van der Waals surface area contributed by atoms with Crippen molar-refractivity contribution in [3.8, 4) is 0 Å². The minimum atomic E-state index is -0.518. The quantitative estimate of drug-likeness (QED) is 0.727. The number of rotatable bonds is 2. The summed E-state index contributed by atoms with van der Waals surface area (Å²) < 4.78 is 28.3. The minimum Gasteiger partial charge on any atom is -0.351 e. The van der Waals surface area contributed by atoms with Gasteiger partial charge in [-0.05, 0) is 46.6 Å².